The van der Waals surface area contributed by atoms with Crippen LogP contribution in [0.25, 0.3) is 0 Å². The fraction of sp³-hybridized carbons (Fsp3) is 0.154. The predicted molar refractivity (Wildman–Crippen MR) is 121 cm³/mol. The SMILES string of the molecule is CC1(C)C(=O)C(C#Cc2ccc(Br)cc2)(c2ccccc2)N=C1c1ccccc1. The van der Waals surface area contributed by atoms with E-state index in [-0.39, 0.29) is 5.78 Å². The lowest BCUT2D eigenvalue weighted by Crippen LogP contribution is -2.38. The minimum Gasteiger partial charge on any atom is -0.294 e. The van der Waals surface area contributed by atoms with E-state index in [0.29, 0.717) is 0 Å². The van der Waals surface area contributed by atoms with Gasteiger partial charge in [0.05, 0.1) is 11.1 Å². The Hall–Kier alpha value is -2.96. The predicted octanol–water partition coefficient (Wildman–Crippen LogP) is 5.79. The van der Waals surface area contributed by atoms with Crippen molar-refractivity contribution < 1.29 is 4.79 Å². The third-order valence-corrected chi connectivity index (χ3v) is 5.77. The van der Waals surface area contributed by atoms with Crippen LogP contribution in [-0.4, -0.2) is 11.5 Å². The van der Waals surface area contributed by atoms with E-state index in [1.54, 1.807) is 0 Å². The van der Waals surface area contributed by atoms with Crippen LogP contribution < -0.4 is 0 Å². The summed E-state index contributed by atoms with van der Waals surface area (Å²) in [4.78, 5) is 18.8. The largest absolute Gasteiger partial charge is 0.294 e. The van der Waals surface area contributed by atoms with Crippen LogP contribution in [0.15, 0.2) is 94.4 Å². The maximum absolute atomic E-state index is 13.8. The highest BCUT2D eigenvalue weighted by atomic mass is 79.9. The molecule has 1 atom stereocenters. The molecule has 0 aromatic heterocycles. The first-order valence-corrected chi connectivity index (χ1v) is 10.3. The maximum atomic E-state index is 13.8. The van der Waals surface area contributed by atoms with Crippen LogP contribution in [0.5, 0.6) is 0 Å². The van der Waals surface area contributed by atoms with E-state index >= 15 is 0 Å². The lowest BCUT2D eigenvalue weighted by atomic mass is 9.74. The Morgan fingerprint density at radius 3 is 2.03 bits per heavy atom. The number of halogens is 1. The van der Waals surface area contributed by atoms with Crippen molar-refractivity contribution >= 4 is 27.4 Å². The van der Waals surface area contributed by atoms with Crippen LogP contribution in [0.4, 0.5) is 0 Å². The molecule has 29 heavy (non-hydrogen) atoms. The Labute approximate surface area is 179 Å². The minimum absolute atomic E-state index is 0.000310. The third-order valence-electron chi connectivity index (χ3n) is 5.24. The van der Waals surface area contributed by atoms with Gasteiger partial charge in [0.2, 0.25) is 5.54 Å². The zero-order valence-electron chi connectivity index (χ0n) is 16.3. The quantitative estimate of drug-likeness (QED) is 0.462. The van der Waals surface area contributed by atoms with Crippen molar-refractivity contribution in [1.29, 1.82) is 0 Å². The number of benzene rings is 3. The number of carbonyl (C=O) groups excluding carboxylic acids is 1. The lowest BCUT2D eigenvalue weighted by Gasteiger charge is -2.24. The molecule has 0 saturated heterocycles. The van der Waals surface area contributed by atoms with E-state index in [4.69, 9.17) is 4.99 Å². The first-order chi connectivity index (χ1) is 13.9. The second-order valence-electron chi connectivity index (χ2n) is 7.61. The first-order valence-electron chi connectivity index (χ1n) is 9.48. The molecule has 0 bridgehead atoms. The van der Waals surface area contributed by atoms with E-state index in [0.717, 1.165) is 26.9 Å². The number of rotatable bonds is 2. The van der Waals surface area contributed by atoms with Gasteiger partial charge in [0, 0.05) is 10.0 Å². The second kappa shape index (κ2) is 7.46. The van der Waals surface area contributed by atoms with Gasteiger partial charge in [0.15, 0.2) is 5.78 Å². The van der Waals surface area contributed by atoms with Gasteiger partial charge in [-0.2, -0.15) is 0 Å². The molecule has 3 heteroatoms. The molecule has 1 heterocycles. The van der Waals surface area contributed by atoms with E-state index < -0.39 is 11.0 Å². The average Bonchev–Trinajstić information content (AvgIpc) is 2.96. The molecule has 0 fully saturated rings. The van der Waals surface area contributed by atoms with Crippen molar-refractivity contribution in [3.8, 4) is 11.8 Å². The molecule has 4 rings (SSSR count). The van der Waals surface area contributed by atoms with Gasteiger partial charge in [-0.05, 0) is 49.2 Å². The number of nitrogens with zero attached hydrogens (tertiary/aromatic N) is 1. The molecule has 1 aliphatic heterocycles. The van der Waals surface area contributed by atoms with E-state index in [2.05, 4.69) is 27.8 Å². The van der Waals surface area contributed by atoms with Gasteiger partial charge in [0.25, 0.3) is 0 Å². The van der Waals surface area contributed by atoms with Crippen molar-refractivity contribution in [2.75, 3.05) is 0 Å². The van der Waals surface area contributed by atoms with Crippen LogP contribution in [0.3, 0.4) is 0 Å². The lowest BCUT2D eigenvalue weighted by molar-refractivity contribution is -0.126. The summed E-state index contributed by atoms with van der Waals surface area (Å²) in [6.07, 6.45) is 0. The van der Waals surface area contributed by atoms with Gasteiger partial charge < -0.3 is 0 Å². The van der Waals surface area contributed by atoms with Gasteiger partial charge >= 0.3 is 0 Å². The fourth-order valence-corrected chi connectivity index (χ4v) is 3.93. The van der Waals surface area contributed by atoms with Crippen molar-refractivity contribution in [3.05, 3.63) is 106 Å². The molecule has 0 spiro atoms. The molecule has 0 saturated carbocycles. The Morgan fingerprint density at radius 1 is 0.828 bits per heavy atom. The van der Waals surface area contributed by atoms with Crippen molar-refractivity contribution in [2.24, 2.45) is 10.4 Å². The van der Waals surface area contributed by atoms with E-state index in [1.165, 1.54) is 0 Å². The van der Waals surface area contributed by atoms with Gasteiger partial charge in [0.1, 0.15) is 0 Å². The first kappa shape index (κ1) is 19.4. The van der Waals surface area contributed by atoms with E-state index in [9.17, 15) is 4.79 Å². The van der Waals surface area contributed by atoms with Crippen LogP contribution in [0.2, 0.25) is 0 Å². The topological polar surface area (TPSA) is 29.4 Å². The van der Waals surface area contributed by atoms with Gasteiger partial charge in [-0.25, -0.2) is 0 Å². The van der Waals surface area contributed by atoms with Crippen LogP contribution in [-0.2, 0) is 10.3 Å². The summed E-state index contributed by atoms with van der Waals surface area (Å²) in [5.74, 6) is 6.44. The summed E-state index contributed by atoms with van der Waals surface area (Å²) in [5, 5.41) is 0. The molecule has 0 aliphatic carbocycles. The number of hydrogen-bond donors (Lipinski definition) is 0. The number of Topliss-reactive ketones (excluding diaryl/α,β-unsaturated/α-hetero) is 1. The van der Waals surface area contributed by atoms with E-state index in [1.807, 2.05) is 98.8 Å². The molecule has 1 aliphatic rings. The monoisotopic (exact) mass is 441 g/mol. The summed E-state index contributed by atoms with van der Waals surface area (Å²) < 4.78 is 0.989. The van der Waals surface area contributed by atoms with Gasteiger partial charge in [-0.1, -0.05) is 88.4 Å². The molecule has 0 radical (unpaired) electrons. The number of ketones is 1. The summed E-state index contributed by atoms with van der Waals surface area (Å²) >= 11 is 3.44. The number of aliphatic imine (C=N–C) groups is 1. The maximum Gasteiger partial charge on any atom is 0.205 e. The van der Waals surface area contributed by atoms with Gasteiger partial charge in [-0.3, -0.25) is 9.79 Å². The number of carbonyl (C=O) groups is 1. The summed E-state index contributed by atoms with van der Waals surface area (Å²) in [7, 11) is 0. The van der Waals surface area contributed by atoms with Crippen molar-refractivity contribution in [2.45, 2.75) is 19.4 Å². The zero-order valence-corrected chi connectivity index (χ0v) is 17.9. The summed E-state index contributed by atoms with van der Waals surface area (Å²) in [6, 6.07) is 27.3. The second-order valence-corrected chi connectivity index (χ2v) is 8.53. The highest BCUT2D eigenvalue weighted by Gasteiger charge is 2.54. The Bertz CT molecular complexity index is 1140. The molecule has 3 aromatic rings. The van der Waals surface area contributed by atoms with Crippen molar-refractivity contribution in [1.82, 2.24) is 0 Å². The Morgan fingerprint density at radius 2 is 1.41 bits per heavy atom. The van der Waals surface area contributed by atoms with Crippen LogP contribution in [0.1, 0.15) is 30.5 Å². The average molecular weight is 442 g/mol. The van der Waals surface area contributed by atoms with Crippen LogP contribution in [0, 0.1) is 17.3 Å². The van der Waals surface area contributed by atoms with Crippen LogP contribution >= 0.6 is 15.9 Å². The molecule has 142 valence electrons. The Balaban J connectivity index is 1.93. The zero-order chi connectivity index (χ0) is 20.5. The highest BCUT2D eigenvalue weighted by Crippen LogP contribution is 2.44. The van der Waals surface area contributed by atoms with Crippen molar-refractivity contribution in [3.63, 3.8) is 0 Å². The molecular formula is C26H20BrNO. The summed E-state index contributed by atoms with van der Waals surface area (Å²) in [6.45, 7) is 3.88. The molecule has 1 unspecified atom stereocenters. The normalized spacial score (nSPS) is 20.0. The molecular weight excluding hydrogens is 422 g/mol. The molecule has 3 aromatic carbocycles. The molecule has 0 amide bonds. The molecule has 2 nitrogen and oxygen atoms in total. The summed E-state index contributed by atoms with van der Waals surface area (Å²) in [5.41, 5.74) is 1.41. The third kappa shape index (κ3) is 3.45. The highest BCUT2D eigenvalue weighted by molar-refractivity contribution is 9.10. The smallest absolute Gasteiger partial charge is 0.205 e. The standard InChI is InChI=1S/C26H20BrNO/c1-25(2)23(20-9-5-3-6-10-20)28-26(24(25)29,21-11-7-4-8-12-21)18-17-19-13-15-22(27)16-14-19/h3-16H,1-2H3. The number of hydrogen-bond acceptors (Lipinski definition) is 2. The Kier molecular flexibility index (Phi) is 4.98. The van der Waals surface area contributed by atoms with Gasteiger partial charge in [-0.15, -0.1) is 0 Å². The minimum atomic E-state index is -1.22. The fourth-order valence-electron chi connectivity index (χ4n) is 3.67. The molecule has 0 N–H and O–H groups in total.